The number of ether oxygens (including phenoxy) is 1. The fraction of sp³-hybridized carbons (Fsp3) is 0.158. The van der Waals surface area contributed by atoms with Gasteiger partial charge in [0.1, 0.15) is 11.4 Å². The van der Waals surface area contributed by atoms with E-state index >= 15 is 0 Å². The van der Waals surface area contributed by atoms with E-state index in [1.165, 1.54) is 0 Å². The Hall–Kier alpha value is -2.79. The van der Waals surface area contributed by atoms with Crippen LogP contribution in [0.5, 0.6) is 5.75 Å². The summed E-state index contributed by atoms with van der Waals surface area (Å²) >= 11 is 6.06. The van der Waals surface area contributed by atoms with Crippen molar-refractivity contribution in [3.05, 3.63) is 64.8 Å². The maximum Gasteiger partial charge on any atom is 0.228 e. The summed E-state index contributed by atoms with van der Waals surface area (Å²) in [6, 6.07) is 14.8. The molecule has 1 aromatic heterocycles. The summed E-state index contributed by atoms with van der Waals surface area (Å²) in [6.07, 6.45) is 0.267. The van der Waals surface area contributed by atoms with Gasteiger partial charge in [-0.15, -0.1) is 0 Å². The number of carbonyl (C=O) groups is 1. The first kappa shape index (κ1) is 17.0. The van der Waals surface area contributed by atoms with Gasteiger partial charge in [-0.3, -0.25) is 9.89 Å². The number of aromatic amines is 1. The quantitative estimate of drug-likeness (QED) is 0.719. The number of H-pyrrole nitrogens is 1. The first-order valence-electron chi connectivity index (χ1n) is 7.80. The second-order valence-corrected chi connectivity index (χ2v) is 6.09. The lowest BCUT2D eigenvalue weighted by atomic mass is 10.1. The number of aryl methyl sites for hydroxylation is 1. The van der Waals surface area contributed by atoms with Crippen LogP contribution in [0, 0.1) is 6.92 Å². The van der Waals surface area contributed by atoms with Gasteiger partial charge >= 0.3 is 0 Å². The highest BCUT2D eigenvalue weighted by molar-refractivity contribution is 6.30. The lowest BCUT2D eigenvalue weighted by Crippen LogP contribution is -2.15. The van der Waals surface area contributed by atoms with Crippen molar-refractivity contribution < 1.29 is 9.53 Å². The van der Waals surface area contributed by atoms with E-state index in [1.807, 2.05) is 49.4 Å². The number of methoxy groups -OCH3 is 1. The SMILES string of the molecule is COc1ccc(CC(=O)Nc2c(-c3cccc(Cl)c3)n[nH]c2C)cc1. The largest absolute Gasteiger partial charge is 0.497 e. The van der Waals surface area contributed by atoms with Crippen LogP contribution in [0.1, 0.15) is 11.3 Å². The maximum atomic E-state index is 12.4. The van der Waals surface area contributed by atoms with Crippen LogP contribution in [0.25, 0.3) is 11.3 Å². The minimum absolute atomic E-state index is 0.113. The molecule has 0 unspecified atom stereocenters. The summed E-state index contributed by atoms with van der Waals surface area (Å²) in [5.41, 5.74) is 3.88. The van der Waals surface area contributed by atoms with Crippen molar-refractivity contribution in [1.82, 2.24) is 10.2 Å². The molecule has 128 valence electrons. The molecule has 0 radical (unpaired) electrons. The summed E-state index contributed by atoms with van der Waals surface area (Å²) in [6.45, 7) is 1.87. The normalized spacial score (nSPS) is 10.5. The zero-order valence-corrected chi connectivity index (χ0v) is 14.7. The molecule has 5 nitrogen and oxygen atoms in total. The van der Waals surface area contributed by atoms with Crippen molar-refractivity contribution in [2.75, 3.05) is 12.4 Å². The molecule has 1 amide bonds. The van der Waals surface area contributed by atoms with E-state index in [-0.39, 0.29) is 12.3 Å². The Morgan fingerprint density at radius 1 is 1.24 bits per heavy atom. The molecule has 0 aliphatic heterocycles. The number of carbonyl (C=O) groups excluding carboxylic acids is 1. The van der Waals surface area contributed by atoms with Crippen LogP contribution in [0.2, 0.25) is 5.02 Å². The number of nitrogens with one attached hydrogen (secondary N) is 2. The number of rotatable bonds is 5. The Morgan fingerprint density at radius 3 is 2.68 bits per heavy atom. The van der Waals surface area contributed by atoms with Gasteiger partial charge in [-0.05, 0) is 36.8 Å². The van der Waals surface area contributed by atoms with E-state index in [1.54, 1.807) is 13.2 Å². The van der Waals surface area contributed by atoms with Gasteiger partial charge in [-0.2, -0.15) is 5.10 Å². The number of hydrogen-bond donors (Lipinski definition) is 2. The van der Waals surface area contributed by atoms with E-state index in [0.717, 1.165) is 22.6 Å². The lowest BCUT2D eigenvalue weighted by molar-refractivity contribution is -0.115. The molecule has 0 aliphatic carbocycles. The first-order valence-corrected chi connectivity index (χ1v) is 8.18. The zero-order valence-electron chi connectivity index (χ0n) is 14.0. The summed E-state index contributed by atoms with van der Waals surface area (Å²) in [5, 5.41) is 10.8. The van der Waals surface area contributed by atoms with Gasteiger partial charge < -0.3 is 10.1 Å². The molecular weight excluding hydrogens is 338 g/mol. The molecule has 0 bridgehead atoms. The van der Waals surface area contributed by atoms with Gasteiger partial charge in [0.2, 0.25) is 5.91 Å². The monoisotopic (exact) mass is 355 g/mol. The predicted octanol–water partition coefficient (Wildman–Crippen LogP) is 4.23. The second kappa shape index (κ2) is 7.40. The summed E-state index contributed by atoms with van der Waals surface area (Å²) in [5.74, 6) is 0.649. The van der Waals surface area contributed by atoms with Crippen molar-refractivity contribution in [3.63, 3.8) is 0 Å². The Kier molecular flexibility index (Phi) is 5.05. The topological polar surface area (TPSA) is 67.0 Å². The predicted molar refractivity (Wildman–Crippen MR) is 99.1 cm³/mol. The van der Waals surface area contributed by atoms with Gasteiger partial charge in [-0.25, -0.2) is 0 Å². The van der Waals surface area contributed by atoms with Crippen LogP contribution in [-0.4, -0.2) is 23.2 Å². The van der Waals surface area contributed by atoms with Crippen LogP contribution in [0.3, 0.4) is 0 Å². The Labute approximate surface area is 151 Å². The summed E-state index contributed by atoms with van der Waals surface area (Å²) in [7, 11) is 1.61. The number of nitrogens with zero attached hydrogens (tertiary/aromatic N) is 1. The minimum atomic E-state index is -0.113. The maximum absolute atomic E-state index is 12.4. The van der Waals surface area contributed by atoms with Gasteiger partial charge in [-0.1, -0.05) is 35.9 Å². The molecule has 25 heavy (non-hydrogen) atoms. The third-order valence-electron chi connectivity index (χ3n) is 3.83. The molecular formula is C19H18ClN3O2. The van der Waals surface area contributed by atoms with Crippen molar-refractivity contribution in [2.24, 2.45) is 0 Å². The second-order valence-electron chi connectivity index (χ2n) is 5.66. The van der Waals surface area contributed by atoms with E-state index in [4.69, 9.17) is 16.3 Å². The third kappa shape index (κ3) is 4.00. The number of hydrogen-bond acceptors (Lipinski definition) is 3. The smallest absolute Gasteiger partial charge is 0.228 e. The highest BCUT2D eigenvalue weighted by atomic mass is 35.5. The molecule has 3 rings (SSSR count). The van der Waals surface area contributed by atoms with E-state index < -0.39 is 0 Å². The molecule has 3 aromatic rings. The van der Waals surface area contributed by atoms with E-state index in [9.17, 15) is 4.79 Å². The number of halogens is 1. The van der Waals surface area contributed by atoms with Crippen LogP contribution in [0.4, 0.5) is 5.69 Å². The fourth-order valence-corrected chi connectivity index (χ4v) is 2.73. The van der Waals surface area contributed by atoms with Crippen LogP contribution >= 0.6 is 11.6 Å². The standard InChI is InChI=1S/C19H18ClN3O2/c1-12-18(19(23-22-12)14-4-3-5-15(20)11-14)21-17(24)10-13-6-8-16(25-2)9-7-13/h3-9,11H,10H2,1-2H3,(H,21,24)(H,22,23). The number of benzene rings is 2. The van der Waals surface area contributed by atoms with Gasteiger partial charge in [0.15, 0.2) is 0 Å². The van der Waals surface area contributed by atoms with Gasteiger partial charge in [0, 0.05) is 10.6 Å². The number of anilines is 1. The van der Waals surface area contributed by atoms with Crippen molar-refractivity contribution in [2.45, 2.75) is 13.3 Å². The molecule has 1 heterocycles. The van der Waals surface area contributed by atoms with Crippen LogP contribution in [0.15, 0.2) is 48.5 Å². The number of aromatic nitrogens is 2. The molecule has 2 N–H and O–H groups in total. The molecule has 0 atom stereocenters. The minimum Gasteiger partial charge on any atom is -0.497 e. The average molecular weight is 356 g/mol. The van der Waals surface area contributed by atoms with Gasteiger partial charge in [0.05, 0.1) is 24.9 Å². The fourth-order valence-electron chi connectivity index (χ4n) is 2.54. The first-order chi connectivity index (χ1) is 12.1. The molecule has 0 aliphatic rings. The molecule has 0 saturated heterocycles. The third-order valence-corrected chi connectivity index (χ3v) is 4.07. The lowest BCUT2D eigenvalue weighted by Gasteiger charge is -2.08. The van der Waals surface area contributed by atoms with E-state index in [2.05, 4.69) is 15.5 Å². The van der Waals surface area contributed by atoms with Gasteiger partial charge in [0.25, 0.3) is 0 Å². The molecule has 6 heteroatoms. The van der Waals surface area contributed by atoms with E-state index in [0.29, 0.717) is 16.4 Å². The summed E-state index contributed by atoms with van der Waals surface area (Å²) < 4.78 is 5.13. The Morgan fingerprint density at radius 2 is 2.00 bits per heavy atom. The summed E-state index contributed by atoms with van der Waals surface area (Å²) in [4.78, 5) is 12.4. The molecule has 0 spiro atoms. The molecule has 0 saturated carbocycles. The molecule has 0 fully saturated rings. The van der Waals surface area contributed by atoms with Crippen molar-refractivity contribution in [3.8, 4) is 17.0 Å². The highest BCUT2D eigenvalue weighted by Crippen LogP contribution is 2.30. The van der Waals surface area contributed by atoms with Crippen molar-refractivity contribution in [1.29, 1.82) is 0 Å². The average Bonchev–Trinajstić information content (AvgIpc) is 2.96. The zero-order chi connectivity index (χ0) is 17.8. The van der Waals surface area contributed by atoms with Crippen molar-refractivity contribution >= 4 is 23.2 Å². The number of amides is 1. The highest BCUT2D eigenvalue weighted by Gasteiger charge is 2.15. The molecule has 2 aromatic carbocycles. The Bertz CT molecular complexity index is 888. The van der Waals surface area contributed by atoms with Crippen LogP contribution in [-0.2, 0) is 11.2 Å². The Balaban J connectivity index is 1.78. The van der Waals surface area contributed by atoms with Crippen LogP contribution < -0.4 is 10.1 Å².